The van der Waals surface area contributed by atoms with E-state index in [-0.39, 0.29) is 6.03 Å². The summed E-state index contributed by atoms with van der Waals surface area (Å²) in [5.74, 6) is 0.761. The zero-order valence-electron chi connectivity index (χ0n) is 8.69. The second-order valence-corrected chi connectivity index (χ2v) is 3.28. The van der Waals surface area contributed by atoms with Crippen LogP contribution < -0.4 is 15.0 Å². The molecule has 80 valence electrons. The number of hydrogen-bond donors (Lipinski definition) is 1. The summed E-state index contributed by atoms with van der Waals surface area (Å²) >= 11 is 0. The zero-order chi connectivity index (χ0) is 10.7. The molecular weight excluding hydrogens is 192 g/mol. The third kappa shape index (κ3) is 1.88. The summed E-state index contributed by atoms with van der Waals surface area (Å²) in [6.07, 6.45) is 0. The maximum absolute atomic E-state index is 11.5. The molecule has 0 unspecified atom stereocenters. The maximum atomic E-state index is 11.5. The van der Waals surface area contributed by atoms with Gasteiger partial charge < -0.3 is 10.1 Å². The third-order valence-electron chi connectivity index (χ3n) is 2.31. The summed E-state index contributed by atoms with van der Waals surface area (Å²) in [7, 11) is 0. The molecular formula is C11H14N2O2. The van der Waals surface area contributed by atoms with Gasteiger partial charge in [-0.05, 0) is 19.1 Å². The molecule has 1 saturated heterocycles. The van der Waals surface area contributed by atoms with Gasteiger partial charge in [0.25, 0.3) is 0 Å². The average Bonchev–Trinajstić information content (AvgIpc) is 2.66. The van der Waals surface area contributed by atoms with Crippen LogP contribution in [0.25, 0.3) is 0 Å². The standard InChI is InChI=1S/C11H14N2O2/c1-2-15-10-6-4-3-5-9(10)13-8-7-12-11(13)14/h3-6H,2,7-8H2,1H3,(H,12,14). The molecule has 1 fully saturated rings. The lowest BCUT2D eigenvalue weighted by atomic mass is 10.2. The average molecular weight is 206 g/mol. The molecule has 1 aromatic carbocycles. The summed E-state index contributed by atoms with van der Waals surface area (Å²) < 4.78 is 5.48. The first-order valence-corrected chi connectivity index (χ1v) is 5.10. The van der Waals surface area contributed by atoms with E-state index in [0.29, 0.717) is 19.7 Å². The number of ether oxygens (including phenoxy) is 1. The Bertz CT molecular complexity index is 365. The molecule has 2 amide bonds. The van der Waals surface area contributed by atoms with Gasteiger partial charge in [0, 0.05) is 13.1 Å². The van der Waals surface area contributed by atoms with E-state index in [0.717, 1.165) is 11.4 Å². The third-order valence-corrected chi connectivity index (χ3v) is 2.31. The van der Waals surface area contributed by atoms with E-state index in [1.807, 2.05) is 31.2 Å². The molecule has 0 aliphatic carbocycles. The summed E-state index contributed by atoms with van der Waals surface area (Å²) in [5, 5.41) is 2.77. The molecule has 0 bridgehead atoms. The van der Waals surface area contributed by atoms with Crippen molar-refractivity contribution in [2.75, 3.05) is 24.6 Å². The molecule has 1 aliphatic rings. The minimum Gasteiger partial charge on any atom is -0.492 e. The number of benzene rings is 1. The van der Waals surface area contributed by atoms with Crippen LogP contribution in [0.3, 0.4) is 0 Å². The monoisotopic (exact) mass is 206 g/mol. The van der Waals surface area contributed by atoms with Crippen molar-refractivity contribution in [1.29, 1.82) is 0 Å². The fourth-order valence-corrected chi connectivity index (χ4v) is 1.66. The van der Waals surface area contributed by atoms with E-state index in [9.17, 15) is 4.79 Å². The highest BCUT2D eigenvalue weighted by Gasteiger charge is 2.23. The van der Waals surface area contributed by atoms with Gasteiger partial charge in [0.2, 0.25) is 0 Å². The van der Waals surface area contributed by atoms with E-state index in [4.69, 9.17) is 4.74 Å². The first-order valence-electron chi connectivity index (χ1n) is 5.10. The molecule has 15 heavy (non-hydrogen) atoms. The number of anilines is 1. The van der Waals surface area contributed by atoms with Crippen molar-refractivity contribution in [2.24, 2.45) is 0 Å². The van der Waals surface area contributed by atoms with E-state index >= 15 is 0 Å². The largest absolute Gasteiger partial charge is 0.492 e. The number of carbonyl (C=O) groups is 1. The summed E-state index contributed by atoms with van der Waals surface area (Å²) in [5.41, 5.74) is 0.842. The Morgan fingerprint density at radius 3 is 2.93 bits per heavy atom. The molecule has 1 heterocycles. The van der Waals surface area contributed by atoms with Crippen molar-refractivity contribution in [3.8, 4) is 5.75 Å². The number of carbonyl (C=O) groups excluding carboxylic acids is 1. The maximum Gasteiger partial charge on any atom is 0.322 e. The minimum atomic E-state index is -0.0536. The number of nitrogens with one attached hydrogen (secondary N) is 1. The number of hydrogen-bond acceptors (Lipinski definition) is 2. The van der Waals surface area contributed by atoms with Gasteiger partial charge in [0.05, 0.1) is 12.3 Å². The summed E-state index contributed by atoms with van der Waals surface area (Å²) in [4.78, 5) is 13.2. The highest BCUT2D eigenvalue weighted by Crippen LogP contribution is 2.28. The number of nitrogens with zero attached hydrogens (tertiary/aromatic N) is 1. The Morgan fingerprint density at radius 2 is 2.27 bits per heavy atom. The van der Waals surface area contributed by atoms with Crippen LogP contribution in [0.1, 0.15) is 6.92 Å². The zero-order valence-corrected chi connectivity index (χ0v) is 8.69. The molecule has 4 heteroatoms. The van der Waals surface area contributed by atoms with Crippen LogP contribution in [0.2, 0.25) is 0 Å². The van der Waals surface area contributed by atoms with Crippen LogP contribution in [0.5, 0.6) is 5.75 Å². The first-order chi connectivity index (χ1) is 7.33. The fraction of sp³-hybridized carbons (Fsp3) is 0.364. The Labute approximate surface area is 88.8 Å². The Balaban J connectivity index is 2.29. The highest BCUT2D eigenvalue weighted by atomic mass is 16.5. The summed E-state index contributed by atoms with van der Waals surface area (Å²) in [6, 6.07) is 7.54. The van der Waals surface area contributed by atoms with Crippen LogP contribution in [0.4, 0.5) is 10.5 Å². The van der Waals surface area contributed by atoms with Gasteiger partial charge in [-0.25, -0.2) is 4.79 Å². The van der Waals surface area contributed by atoms with Gasteiger partial charge in [-0.3, -0.25) is 4.90 Å². The van der Waals surface area contributed by atoms with Crippen LogP contribution in [-0.2, 0) is 0 Å². The normalized spacial score (nSPS) is 15.3. The summed E-state index contributed by atoms with van der Waals surface area (Å²) in [6.45, 7) is 3.93. The van der Waals surface area contributed by atoms with Crippen LogP contribution in [0, 0.1) is 0 Å². The molecule has 2 rings (SSSR count). The van der Waals surface area contributed by atoms with Gasteiger partial charge in [-0.1, -0.05) is 12.1 Å². The van der Waals surface area contributed by atoms with E-state index < -0.39 is 0 Å². The smallest absolute Gasteiger partial charge is 0.322 e. The second-order valence-electron chi connectivity index (χ2n) is 3.28. The molecule has 1 aliphatic heterocycles. The topological polar surface area (TPSA) is 41.6 Å². The van der Waals surface area contributed by atoms with Crippen molar-refractivity contribution >= 4 is 11.7 Å². The molecule has 1 N–H and O–H groups in total. The quantitative estimate of drug-likeness (QED) is 0.816. The Kier molecular flexibility index (Phi) is 2.76. The van der Waals surface area contributed by atoms with Crippen LogP contribution >= 0.6 is 0 Å². The number of urea groups is 1. The molecule has 0 spiro atoms. The predicted octanol–water partition coefficient (Wildman–Crippen LogP) is 1.61. The van der Waals surface area contributed by atoms with Crippen LogP contribution in [0.15, 0.2) is 24.3 Å². The fourth-order valence-electron chi connectivity index (χ4n) is 1.66. The second kappa shape index (κ2) is 4.21. The molecule has 0 atom stereocenters. The number of rotatable bonds is 3. The van der Waals surface area contributed by atoms with Crippen molar-refractivity contribution in [3.05, 3.63) is 24.3 Å². The number of amides is 2. The van der Waals surface area contributed by atoms with Crippen molar-refractivity contribution in [2.45, 2.75) is 6.92 Å². The highest BCUT2D eigenvalue weighted by molar-refractivity contribution is 5.95. The predicted molar refractivity (Wildman–Crippen MR) is 58.4 cm³/mol. The Morgan fingerprint density at radius 1 is 1.47 bits per heavy atom. The Hall–Kier alpha value is -1.71. The van der Waals surface area contributed by atoms with Crippen LogP contribution in [-0.4, -0.2) is 25.7 Å². The molecule has 0 radical (unpaired) electrons. The molecule has 0 saturated carbocycles. The van der Waals surface area contributed by atoms with Gasteiger partial charge in [0.15, 0.2) is 0 Å². The van der Waals surface area contributed by atoms with Gasteiger partial charge in [0.1, 0.15) is 5.75 Å². The van der Waals surface area contributed by atoms with Gasteiger partial charge in [-0.2, -0.15) is 0 Å². The lowest BCUT2D eigenvalue weighted by Gasteiger charge is -2.17. The molecule has 4 nitrogen and oxygen atoms in total. The molecule has 1 aromatic rings. The van der Waals surface area contributed by atoms with E-state index in [1.54, 1.807) is 4.90 Å². The number of para-hydroxylation sites is 2. The lowest BCUT2D eigenvalue weighted by molar-refractivity contribution is 0.251. The van der Waals surface area contributed by atoms with Gasteiger partial charge in [-0.15, -0.1) is 0 Å². The van der Waals surface area contributed by atoms with Crippen molar-refractivity contribution in [3.63, 3.8) is 0 Å². The van der Waals surface area contributed by atoms with E-state index in [2.05, 4.69) is 5.32 Å². The molecule has 0 aromatic heterocycles. The first kappa shape index (κ1) is 9.83. The minimum absolute atomic E-state index is 0.0536. The van der Waals surface area contributed by atoms with Crippen molar-refractivity contribution < 1.29 is 9.53 Å². The lowest BCUT2D eigenvalue weighted by Crippen LogP contribution is -2.28. The van der Waals surface area contributed by atoms with Gasteiger partial charge >= 0.3 is 6.03 Å². The SMILES string of the molecule is CCOc1ccccc1N1CCNC1=O. The van der Waals surface area contributed by atoms with Crippen molar-refractivity contribution in [1.82, 2.24) is 5.32 Å². The van der Waals surface area contributed by atoms with E-state index in [1.165, 1.54) is 0 Å².